The molecule has 0 radical (unpaired) electrons. The second kappa shape index (κ2) is 7.04. The minimum Gasteiger partial charge on any atom is -0.480 e. The number of rotatable bonds is 6. The van der Waals surface area contributed by atoms with Crippen LogP contribution in [-0.2, 0) is 11.2 Å². The summed E-state index contributed by atoms with van der Waals surface area (Å²) in [4.78, 5) is 21.9. The molecule has 0 saturated carbocycles. The van der Waals surface area contributed by atoms with Crippen molar-refractivity contribution in [2.24, 2.45) is 4.99 Å². The summed E-state index contributed by atoms with van der Waals surface area (Å²) in [7, 11) is 0. The van der Waals surface area contributed by atoms with Gasteiger partial charge in [0.05, 0.1) is 6.33 Å². The van der Waals surface area contributed by atoms with Crippen molar-refractivity contribution in [3.8, 4) is 0 Å². The summed E-state index contributed by atoms with van der Waals surface area (Å²) in [5, 5.41) is 9.12. The number of carboxylic acids is 1. The van der Waals surface area contributed by atoms with E-state index in [1.165, 1.54) is 12.5 Å². The zero-order chi connectivity index (χ0) is 14.2. The lowest BCUT2D eigenvalue weighted by Crippen LogP contribution is -2.20. The molecule has 20 heavy (non-hydrogen) atoms. The van der Waals surface area contributed by atoms with Crippen molar-refractivity contribution < 1.29 is 9.90 Å². The summed E-state index contributed by atoms with van der Waals surface area (Å²) in [6.07, 6.45) is 8.54. The molecule has 0 spiro atoms. The number of nitrogens with one attached hydrogen (secondary N) is 1. The number of hydrogen-bond acceptors (Lipinski definition) is 3. The summed E-state index contributed by atoms with van der Waals surface area (Å²) in [6.45, 7) is 0. The number of aliphatic carboxylic acids is 1. The predicted molar refractivity (Wildman–Crippen MR) is 77.7 cm³/mol. The molecule has 102 valence electrons. The highest BCUT2D eigenvalue weighted by Crippen LogP contribution is 2.03. The Labute approximate surface area is 116 Å². The van der Waals surface area contributed by atoms with Crippen LogP contribution in [0.15, 0.2) is 53.9 Å². The molecule has 1 aromatic carbocycles. The number of aromatic amines is 1. The van der Waals surface area contributed by atoms with Gasteiger partial charge in [-0.2, -0.15) is 0 Å². The smallest absolute Gasteiger partial charge is 0.328 e. The number of benzene rings is 1. The van der Waals surface area contributed by atoms with E-state index in [-0.39, 0.29) is 0 Å². The molecule has 1 unspecified atom stereocenters. The van der Waals surface area contributed by atoms with E-state index in [4.69, 9.17) is 5.11 Å². The second-order valence-electron chi connectivity index (χ2n) is 4.20. The Kier molecular flexibility index (Phi) is 4.83. The van der Waals surface area contributed by atoms with Crippen LogP contribution in [0.25, 0.3) is 6.08 Å². The molecule has 1 atom stereocenters. The van der Waals surface area contributed by atoms with Gasteiger partial charge in [0, 0.05) is 24.5 Å². The molecule has 0 bridgehead atoms. The molecule has 2 rings (SSSR count). The van der Waals surface area contributed by atoms with Crippen LogP contribution in [0.1, 0.15) is 11.3 Å². The van der Waals surface area contributed by atoms with Crippen LogP contribution in [0.3, 0.4) is 0 Å². The SMILES string of the molecule is O=C(O)C(Cc1cnc[nH]1)N=CC=Cc1ccccc1. The molecule has 0 aliphatic heterocycles. The summed E-state index contributed by atoms with van der Waals surface area (Å²) >= 11 is 0. The van der Waals surface area contributed by atoms with Gasteiger partial charge in [0.1, 0.15) is 0 Å². The lowest BCUT2D eigenvalue weighted by molar-refractivity contribution is -0.138. The minimum atomic E-state index is -0.955. The van der Waals surface area contributed by atoms with Gasteiger partial charge in [0.15, 0.2) is 6.04 Å². The van der Waals surface area contributed by atoms with Crippen molar-refractivity contribution in [1.29, 1.82) is 0 Å². The Morgan fingerprint density at radius 3 is 2.85 bits per heavy atom. The summed E-state index contributed by atoms with van der Waals surface area (Å²) in [5.74, 6) is -0.955. The Balaban J connectivity index is 1.96. The molecule has 1 aromatic heterocycles. The molecule has 0 aliphatic carbocycles. The van der Waals surface area contributed by atoms with Gasteiger partial charge in [-0.15, -0.1) is 0 Å². The maximum absolute atomic E-state index is 11.1. The first-order valence-electron chi connectivity index (χ1n) is 6.20. The van der Waals surface area contributed by atoms with Gasteiger partial charge < -0.3 is 10.1 Å². The lowest BCUT2D eigenvalue weighted by Gasteiger charge is -2.04. The first-order valence-corrected chi connectivity index (χ1v) is 6.20. The molecule has 0 aliphatic rings. The van der Waals surface area contributed by atoms with E-state index in [0.717, 1.165) is 11.3 Å². The molecule has 0 fully saturated rings. The normalized spacial score (nSPS) is 13.0. The standard InChI is InChI=1S/C15H15N3O2/c19-15(20)14(9-13-10-16-11-18-13)17-8-4-7-12-5-2-1-3-6-12/h1-8,10-11,14H,9H2,(H,16,18)(H,19,20). The number of aromatic nitrogens is 2. The number of imidazole rings is 1. The number of hydrogen-bond donors (Lipinski definition) is 2. The zero-order valence-corrected chi connectivity index (χ0v) is 10.8. The third-order valence-electron chi connectivity index (χ3n) is 2.69. The topological polar surface area (TPSA) is 78.3 Å². The highest BCUT2D eigenvalue weighted by Gasteiger charge is 2.16. The van der Waals surface area contributed by atoms with Crippen LogP contribution < -0.4 is 0 Å². The fourth-order valence-corrected chi connectivity index (χ4v) is 1.68. The van der Waals surface area contributed by atoms with E-state index in [1.807, 2.05) is 36.4 Å². The molecule has 5 heteroatoms. The number of carbonyl (C=O) groups is 1. The van der Waals surface area contributed by atoms with Crippen LogP contribution >= 0.6 is 0 Å². The minimum absolute atomic E-state index is 0.297. The van der Waals surface area contributed by atoms with Gasteiger partial charge >= 0.3 is 5.97 Å². The van der Waals surface area contributed by atoms with Crippen LogP contribution in [-0.4, -0.2) is 33.3 Å². The predicted octanol–water partition coefficient (Wildman–Crippen LogP) is 2.19. The highest BCUT2D eigenvalue weighted by molar-refractivity contribution is 5.82. The summed E-state index contributed by atoms with van der Waals surface area (Å²) in [5.41, 5.74) is 1.79. The van der Waals surface area contributed by atoms with Crippen molar-refractivity contribution in [3.63, 3.8) is 0 Å². The first kappa shape index (κ1) is 13.7. The highest BCUT2D eigenvalue weighted by atomic mass is 16.4. The fraction of sp³-hybridized carbons (Fsp3) is 0.133. The van der Waals surface area contributed by atoms with Gasteiger partial charge in [-0.3, -0.25) is 4.99 Å². The Hall–Kier alpha value is -2.69. The number of carboxylic acid groups (broad SMARTS) is 1. The average molecular weight is 269 g/mol. The Morgan fingerprint density at radius 2 is 2.20 bits per heavy atom. The quantitative estimate of drug-likeness (QED) is 0.789. The largest absolute Gasteiger partial charge is 0.480 e. The van der Waals surface area contributed by atoms with Crippen LogP contribution in [0.2, 0.25) is 0 Å². The van der Waals surface area contributed by atoms with E-state index in [1.54, 1.807) is 12.3 Å². The molecule has 2 N–H and O–H groups in total. The monoisotopic (exact) mass is 269 g/mol. The lowest BCUT2D eigenvalue weighted by atomic mass is 10.2. The van der Waals surface area contributed by atoms with E-state index in [2.05, 4.69) is 15.0 Å². The van der Waals surface area contributed by atoms with Crippen LogP contribution in [0.5, 0.6) is 0 Å². The zero-order valence-electron chi connectivity index (χ0n) is 10.8. The average Bonchev–Trinajstić information content (AvgIpc) is 2.96. The summed E-state index contributed by atoms with van der Waals surface area (Å²) < 4.78 is 0. The molecule has 0 amide bonds. The van der Waals surface area contributed by atoms with E-state index in [9.17, 15) is 4.79 Å². The van der Waals surface area contributed by atoms with Crippen molar-refractivity contribution in [1.82, 2.24) is 9.97 Å². The Bertz CT molecular complexity index is 589. The third kappa shape index (κ3) is 4.20. The fourth-order valence-electron chi connectivity index (χ4n) is 1.68. The number of H-pyrrole nitrogens is 1. The van der Waals surface area contributed by atoms with E-state index < -0.39 is 12.0 Å². The molecular weight excluding hydrogens is 254 g/mol. The number of aliphatic imine (C=N–C) groups is 1. The van der Waals surface area contributed by atoms with Gasteiger partial charge in [0.25, 0.3) is 0 Å². The van der Waals surface area contributed by atoms with Gasteiger partial charge in [-0.25, -0.2) is 9.78 Å². The van der Waals surface area contributed by atoms with E-state index in [0.29, 0.717) is 6.42 Å². The number of allylic oxidation sites excluding steroid dienone is 1. The van der Waals surface area contributed by atoms with Gasteiger partial charge in [0.2, 0.25) is 0 Å². The van der Waals surface area contributed by atoms with Crippen molar-refractivity contribution in [2.75, 3.05) is 0 Å². The first-order chi connectivity index (χ1) is 9.75. The maximum Gasteiger partial charge on any atom is 0.328 e. The molecule has 0 saturated heterocycles. The maximum atomic E-state index is 11.1. The molecule has 5 nitrogen and oxygen atoms in total. The van der Waals surface area contributed by atoms with Crippen LogP contribution in [0.4, 0.5) is 0 Å². The van der Waals surface area contributed by atoms with Crippen molar-refractivity contribution in [3.05, 3.63) is 60.2 Å². The third-order valence-corrected chi connectivity index (χ3v) is 2.69. The van der Waals surface area contributed by atoms with Gasteiger partial charge in [-0.1, -0.05) is 36.4 Å². The number of nitrogens with zero attached hydrogens (tertiary/aromatic N) is 2. The van der Waals surface area contributed by atoms with Crippen LogP contribution in [0, 0.1) is 0 Å². The molecule has 1 heterocycles. The van der Waals surface area contributed by atoms with E-state index >= 15 is 0 Å². The molecule has 2 aromatic rings. The second-order valence-corrected chi connectivity index (χ2v) is 4.20. The Morgan fingerprint density at radius 1 is 1.40 bits per heavy atom. The molecular formula is C15H15N3O2. The summed E-state index contributed by atoms with van der Waals surface area (Å²) in [6, 6.07) is 8.93. The van der Waals surface area contributed by atoms with Crippen molar-refractivity contribution >= 4 is 18.3 Å². The van der Waals surface area contributed by atoms with Gasteiger partial charge in [-0.05, 0) is 11.6 Å². The van der Waals surface area contributed by atoms with Crippen molar-refractivity contribution in [2.45, 2.75) is 12.5 Å².